The fourth-order valence-electron chi connectivity index (χ4n) is 2.86. The zero-order chi connectivity index (χ0) is 20.1. The Morgan fingerprint density at radius 1 is 1.14 bits per heavy atom. The van der Waals surface area contributed by atoms with E-state index in [9.17, 15) is 4.79 Å². The zero-order valence-corrected chi connectivity index (χ0v) is 17.9. The SMILES string of the molecule is CCOc1ccc(C(=O)N(CCCN(C)C)c2nc3c(Cl)cccc3s2)cc1. The van der Waals surface area contributed by atoms with Crippen LogP contribution in [0.1, 0.15) is 23.7 Å². The molecule has 0 saturated heterocycles. The van der Waals surface area contributed by atoms with Gasteiger partial charge >= 0.3 is 0 Å². The van der Waals surface area contributed by atoms with Crippen LogP contribution in [0.25, 0.3) is 10.2 Å². The average molecular weight is 418 g/mol. The van der Waals surface area contributed by atoms with Crippen molar-refractivity contribution >= 4 is 44.2 Å². The summed E-state index contributed by atoms with van der Waals surface area (Å²) in [6.45, 7) is 4.00. The molecule has 0 radical (unpaired) electrons. The molecule has 1 heterocycles. The van der Waals surface area contributed by atoms with E-state index in [0.29, 0.717) is 28.9 Å². The van der Waals surface area contributed by atoms with Crippen molar-refractivity contribution in [3.8, 4) is 5.75 Å². The van der Waals surface area contributed by atoms with E-state index in [1.165, 1.54) is 11.3 Å². The van der Waals surface area contributed by atoms with Crippen LogP contribution in [-0.2, 0) is 0 Å². The quantitative estimate of drug-likeness (QED) is 0.520. The molecule has 0 bridgehead atoms. The van der Waals surface area contributed by atoms with E-state index in [4.69, 9.17) is 16.3 Å². The Morgan fingerprint density at radius 2 is 1.89 bits per heavy atom. The second kappa shape index (κ2) is 9.37. The standard InChI is InChI=1S/C21H24ClN3O2S/c1-4-27-16-11-9-15(10-12-16)20(26)25(14-6-13-24(2)3)21-23-19-17(22)7-5-8-18(19)28-21/h5,7-12H,4,6,13-14H2,1-3H3. The lowest BCUT2D eigenvalue weighted by molar-refractivity contribution is 0.0986. The van der Waals surface area contributed by atoms with E-state index >= 15 is 0 Å². The molecular formula is C21H24ClN3O2S. The normalized spacial score (nSPS) is 11.2. The molecule has 5 nitrogen and oxygen atoms in total. The van der Waals surface area contributed by atoms with Gasteiger partial charge in [0.25, 0.3) is 5.91 Å². The number of carbonyl (C=O) groups excluding carboxylic acids is 1. The number of thiazole rings is 1. The van der Waals surface area contributed by atoms with Crippen LogP contribution in [0.15, 0.2) is 42.5 Å². The Morgan fingerprint density at radius 3 is 2.54 bits per heavy atom. The lowest BCUT2D eigenvalue weighted by Crippen LogP contribution is -2.33. The third-order valence-electron chi connectivity index (χ3n) is 4.23. The number of amides is 1. The van der Waals surface area contributed by atoms with Gasteiger partial charge in [-0.15, -0.1) is 0 Å². The van der Waals surface area contributed by atoms with Crippen LogP contribution >= 0.6 is 22.9 Å². The van der Waals surface area contributed by atoms with Crippen LogP contribution in [0.2, 0.25) is 5.02 Å². The van der Waals surface area contributed by atoms with Gasteiger partial charge in [0.05, 0.1) is 16.3 Å². The number of anilines is 1. The summed E-state index contributed by atoms with van der Waals surface area (Å²) < 4.78 is 6.45. The molecule has 0 fully saturated rings. The molecule has 3 aromatic rings. The van der Waals surface area contributed by atoms with Crippen molar-refractivity contribution in [1.82, 2.24) is 9.88 Å². The third kappa shape index (κ3) is 4.82. The van der Waals surface area contributed by atoms with Gasteiger partial charge in [-0.1, -0.05) is 29.0 Å². The molecular weight excluding hydrogens is 394 g/mol. The minimum atomic E-state index is -0.0722. The van der Waals surface area contributed by atoms with Crippen molar-refractivity contribution in [1.29, 1.82) is 0 Å². The summed E-state index contributed by atoms with van der Waals surface area (Å²) in [4.78, 5) is 21.8. The number of benzene rings is 2. The number of aromatic nitrogens is 1. The Labute approximate surface area is 174 Å². The maximum Gasteiger partial charge on any atom is 0.260 e. The predicted octanol–water partition coefficient (Wildman–Crippen LogP) is 4.95. The fraction of sp³-hybridized carbons (Fsp3) is 0.333. The maximum atomic E-state index is 13.3. The first-order valence-corrected chi connectivity index (χ1v) is 10.4. The summed E-state index contributed by atoms with van der Waals surface area (Å²) in [5, 5.41) is 1.27. The molecule has 148 valence electrons. The van der Waals surface area contributed by atoms with Gasteiger partial charge < -0.3 is 9.64 Å². The van der Waals surface area contributed by atoms with Crippen LogP contribution in [0, 0.1) is 0 Å². The first-order valence-electron chi connectivity index (χ1n) is 9.24. The van der Waals surface area contributed by atoms with Crippen molar-refractivity contribution in [2.75, 3.05) is 38.7 Å². The number of fused-ring (bicyclic) bond motifs is 1. The molecule has 7 heteroatoms. The van der Waals surface area contributed by atoms with Crippen LogP contribution < -0.4 is 9.64 Å². The van der Waals surface area contributed by atoms with Crippen molar-refractivity contribution in [2.45, 2.75) is 13.3 Å². The molecule has 1 aromatic heterocycles. The lowest BCUT2D eigenvalue weighted by Gasteiger charge is -2.21. The van der Waals surface area contributed by atoms with E-state index in [-0.39, 0.29) is 5.91 Å². The highest BCUT2D eigenvalue weighted by Gasteiger charge is 2.22. The van der Waals surface area contributed by atoms with E-state index in [2.05, 4.69) is 9.88 Å². The number of ether oxygens (including phenoxy) is 1. The van der Waals surface area contributed by atoms with Crippen molar-refractivity contribution in [2.24, 2.45) is 0 Å². The van der Waals surface area contributed by atoms with E-state index in [0.717, 1.165) is 28.9 Å². The minimum absolute atomic E-state index is 0.0722. The Kier molecular flexibility index (Phi) is 6.88. The summed E-state index contributed by atoms with van der Waals surface area (Å²) in [6, 6.07) is 12.9. The van der Waals surface area contributed by atoms with Crippen LogP contribution in [0.3, 0.4) is 0 Å². The van der Waals surface area contributed by atoms with E-state index < -0.39 is 0 Å². The monoisotopic (exact) mass is 417 g/mol. The zero-order valence-electron chi connectivity index (χ0n) is 16.3. The van der Waals surface area contributed by atoms with Crippen molar-refractivity contribution in [3.63, 3.8) is 0 Å². The summed E-state index contributed by atoms with van der Waals surface area (Å²) in [7, 11) is 4.05. The number of nitrogens with zero attached hydrogens (tertiary/aromatic N) is 3. The van der Waals surface area contributed by atoms with Crippen molar-refractivity contribution < 1.29 is 9.53 Å². The molecule has 0 atom stereocenters. The number of para-hydroxylation sites is 1. The highest BCUT2D eigenvalue weighted by molar-refractivity contribution is 7.22. The second-order valence-corrected chi connectivity index (χ2v) is 8.07. The Balaban J connectivity index is 1.90. The average Bonchev–Trinajstić information content (AvgIpc) is 3.11. The van der Waals surface area contributed by atoms with Crippen LogP contribution in [0.4, 0.5) is 5.13 Å². The molecule has 3 rings (SSSR count). The molecule has 0 aliphatic heterocycles. The molecule has 0 N–H and O–H groups in total. The number of carbonyl (C=O) groups is 1. The van der Waals surface area contributed by atoms with Crippen molar-refractivity contribution in [3.05, 3.63) is 53.1 Å². The Hall–Kier alpha value is -2.15. The maximum absolute atomic E-state index is 13.3. The van der Waals surface area contributed by atoms with Gasteiger partial charge in [-0.05, 0) is 70.4 Å². The van der Waals surface area contributed by atoms with Gasteiger partial charge in [-0.3, -0.25) is 9.69 Å². The Bertz CT molecular complexity index is 940. The number of hydrogen-bond donors (Lipinski definition) is 0. The van der Waals surface area contributed by atoms with Gasteiger partial charge in [-0.2, -0.15) is 0 Å². The second-order valence-electron chi connectivity index (χ2n) is 6.65. The summed E-state index contributed by atoms with van der Waals surface area (Å²) in [5.74, 6) is 0.682. The first-order chi connectivity index (χ1) is 13.5. The van der Waals surface area contributed by atoms with E-state index in [1.54, 1.807) is 17.0 Å². The predicted molar refractivity (Wildman–Crippen MR) is 117 cm³/mol. The topological polar surface area (TPSA) is 45.7 Å². The van der Waals surface area contributed by atoms with E-state index in [1.807, 2.05) is 51.4 Å². The molecule has 1 amide bonds. The smallest absolute Gasteiger partial charge is 0.260 e. The molecule has 0 unspecified atom stereocenters. The summed E-state index contributed by atoms with van der Waals surface area (Å²) in [6.07, 6.45) is 0.847. The molecule has 28 heavy (non-hydrogen) atoms. The van der Waals surface area contributed by atoms with Gasteiger partial charge in [0.2, 0.25) is 0 Å². The van der Waals surface area contributed by atoms with Crippen LogP contribution in [-0.4, -0.2) is 49.6 Å². The summed E-state index contributed by atoms with van der Waals surface area (Å²) >= 11 is 7.77. The number of rotatable bonds is 8. The minimum Gasteiger partial charge on any atom is -0.494 e. The highest BCUT2D eigenvalue weighted by atomic mass is 35.5. The highest BCUT2D eigenvalue weighted by Crippen LogP contribution is 2.33. The van der Waals surface area contributed by atoms with Gasteiger partial charge in [0, 0.05) is 12.1 Å². The number of hydrogen-bond acceptors (Lipinski definition) is 5. The molecule has 0 aliphatic rings. The van der Waals surface area contributed by atoms with Gasteiger partial charge in [0.1, 0.15) is 11.3 Å². The first kappa shape index (κ1) is 20.6. The lowest BCUT2D eigenvalue weighted by atomic mass is 10.2. The van der Waals surface area contributed by atoms with Crippen LogP contribution in [0.5, 0.6) is 5.75 Å². The largest absolute Gasteiger partial charge is 0.494 e. The molecule has 0 saturated carbocycles. The molecule has 0 aliphatic carbocycles. The fourth-order valence-corrected chi connectivity index (χ4v) is 4.15. The van der Waals surface area contributed by atoms with Gasteiger partial charge in [-0.25, -0.2) is 4.98 Å². The summed E-state index contributed by atoms with van der Waals surface area (Å²) in [5.41, 5.74) is 1.35. The third-order valence-corrected chi connectivity index (χ3v) is 5.58. The molecule has 0 spiro atoms. The van der Waals surface area contributed by atoms with Gasteiger partial charge in [0.15, 0.2) is 5.13 Å². The molecule has 2 aromatic carbocycles. The number of halogens is 1.